The summed E-state index contributed by atoms with van der Waals surface area (Å²) in [7, 11) is 0. The van der Waals surface area contributed by atoms with Gasteiger partial charge in [0, 0.05) is 11.1 Å². The Morgan fingerprint density at radius 2 is 1.45 bits per heavy atom. The molecule has 4 aromatic rings. The molecule has 1 atom stereocenters. The summed E-state index contributed by atoms with van der Waals surface area (Å²) < 4.78 is 44.2. The molecular weight excluding hydrogens is 407 g/mol. The van der Waals surface area contributed by atoms with E-state index < -0.39 is 23.7 Å². The van der Waals surface area contributed by atoms with Crippen molar-refractivity contribution in [3.05, 3.63) is 108 Å². The average molecular weight is 423 g/mol. The van der Waals surface area contributed by atoms with Gasteiger partial charge in [-0.2, -0.15) is 13.2 Å². The maximum atomic E-state index is 12.8. The summed E-state index contributed by atoms with van der Waals surface area (Å²) in [6, 6.07) is 21.3. The van der Waals surface area contributed by atoms with Crippen LogP contribution in [0.25, 0.3) is 11.5 Å². The van der Waals surface area contributed by atoms with Gasteiger partial charge in [-0.15, -0.1) is 10.2 Å². The van der Waals surface area contributed by atoms with Crippen LogP contribution in [0.1, 0.15) is 33.4 Å². The first-order chi connectivity index (χ1) is 14.9. The van der Waals surface area contributed by atoms with E-state index in [0.717, 1.165) is 29.8 Å². The quantitative estimate of drug-likeness (QED) is 0.475. The molecule has 1 amide bonds. The van der Waals surface area contributed by atoms with E-state index in [4.69, 9.17) is 4.42 Å². The van der Waals surface area contributed by atoms with E-state index in [1.165, 1.54) is 0 Å². The van der Waals surface area contributed by atoms with E-state index >= 15 is 0 Å². The van der Waals surface area contributed by atoms with Crippen LogP contribution in [0.3, 0.4) is 0 Å². The third-order valence-corrected chi connectivity index (χ3v) is 4.59. The number of hydrogen-bond acceptors (Lipinski definition) is 4. The fraction of sp³-hybridized carbons (Fsp3) is 0.0870. The number of benzene rings is 3. The molecule has 0 spiro atoms. The molecule has 0 radical (unpaired) electrons. The highest BCUT2D eigenvalue weighted by Gasteiger charge is 2.30. The van der Waals surface area contributed by atoms with Gasteiger partial charge >= 0.3 is 6.18 Å². The summed E-state index contributed by atoms with van der Waals surface area (Å²) >= 11 is 0. The molecule has 0 fully saturated rings. The average Bonchev–Trinajstić information content (AvgIpc) is 3.28. The highest BCUT2D eigenvalue weighted by molar-refractivity contribution is 5.94. The van der Waals surface area contributed by atoms with Crippen LogP contribution in [-0.4, -0.2) is 16.1 Å². The number of hydrogen-bond donors (Lipinski definition) is 1. The van der Waals surface area contributed by atoms with Gasteiger partial charge in [0.15, 0.2) is 0 Å². The largest absolute Gasteiger partial charge is 0.418 e. The van der Waals surface area contributed by atoms with Crippen molar-refractivity contribution in [3.8, 4) is 11.5 Å². The zero-order valence-electron chi connectivity index (χ0n) is 16.0. The number of amides is 1. The van der Waals surface area contributed by atoms with Gasteiger partial charge in [-0.3, -0.25) is 4.79 Å². The molecule has 3 aromatic carbocycles. The second-order valence-electron chi connectivity index (χ2n) is 6.70. The van der Waals surface area contributed by atoms with Crippen LogP contribution in [0.2, 0.25) is 0 Å². The van der Waals surface area contributed by atoms with Crippen LogP contribution in [0.5, 0.6) is 0 Å². The molecule has 0 aliphatic heterocycles. The standard InChI is InChI=1S/C23H16F3N3O2/c24-23(25,26)18-13-11-16(12-14-18)20(30)27-19(15-7-3-1-4-8-15)22-29-28-21(31-22)17-9-5-2-6-10-17/h1-14,19H,(H,27,30)/t19-/m1/s1. The molecule has 1 heterocycles. The normalized spacial score (nSPS) is 12.4. The minimum absolute atomic E-state index is 0.0803. The van der Waals surface area contributed by atoms with Gasteiger partial charge in [0.1, 0.15) is 6.04 Å². The monoisotopic (exact) mass is 423 g/mol. The Morgan fingerprint density at radius 1 is 0.839 bits per heavy atom. The number of nitrogens with zero attached hydrogens (tertiary/aromatic N) is 2. The molecule has 0 bridgehead atoms. The van der Waals surface area contributed by atoms with E-state index in [9.17, 15) is 18.0 Å². The first kappa shape index (κ1) is 20.3. The van der Waals surface area contributed by atoms with Crippen molar-refractivity contribution in [2.24, 2.45) is 0 Å². The number of aromatic nitrogens is 2. The van der Waals surface area contributed by atoms with Crippen molar-refractivity contribution >= 4 is 5.91 Å². The molecule has 1 aromatic heterocycles. The highest BCUT2D eigenvalue weighted by atomic mass is 19.4. The zero-order valence-corrected chi connectivity index (χ0v) is 16.0. The second-order valence-corrected chi connectivity index (χ2v) is 6.70. The lowest BCUT2D eigenvalue weighted by Crippen LogP contribution is -2.29. The van der Waals surface area contributed by atoms with Crippen LogP contribution in [0, 0.1) is 0 Å². The van der Waals surface area contributed by atoms with Crippen LogP contribution >= 0.6 is 0 Å². The first-order valence-corrected chi connectivity index (χ1v) is 9.34. The SMILES string of the molecule is O=C(N[C@H](c1ccccc1)c1nnc(-c2ccccc2)o1)c1ccc(C(F)(F)F)cc1. The predicted octanol–water partition coefficient (Wildman–Crippen LogP) is 5.27. The van der Waals surface area contributed by atoms with E-state index in [1.807, 2.05) is 36.4 Å². The molecule has 156 valence electrons. The van der Waals surface area contributed by atoms with Crippen LogP contribution < -0.4 is 5.32 Å². The topological polar surface area (TPSA) is 68.0 Å². The molecule has 0 aliphatic carbocycles. The smallest absolute Gasteiger partial charge is 0.416 e. The lowest BCUT2D eigenvalue weighted by Gasteiger charge is -2.16. The van der Waals surface area contributed by atoms with Gasteiger partial charge in [0.05, 0.1) is 5.56 Å². The highest BCUT2D eigenvalue weighted by Crippen LogP contribution is 2.29. The maximum absolute atomic E-state index is 12.8. The van der Waals surface area contributed by atoms with Gasteiger partial charge in [-0.05, 0) is 42.0 Å². The van der Waals surface area contributed by atoms with E-state index in [1.54, 1.807) is 24.3 Å². The lowest BCUT2D eigenvalue weighted by atomic mass is 10.1. The van der Waals surface area contributed by atoms with Gasteiger partial charge in [-0.1, -0.05) is 48.5 Å². The molecule has 31 heavy (non-hydrogen) atoms. The zero-order chi connectivity index (χ0) is 21.8. The lowest BCUT2D eigenvalue weighted by molar-refractivity contribution is -0.137. The van der Waals surface area contributed by atoms with Gasteiger partial charge in [-0.25, -0.2) is 0 Å². The first-order valence-electron chi connectivity index (χ1n) is 9.34. The maximum Gasteiger partial charge on any atom is 0.416 e. The molecule has 4 rings (SSSR count). The van der Waals surface area contributed by atoms with Crippen molar-refractivity contribution in [2.75, 3.05) is 0 Å². The summed E-state index contributed by atoms with van der Waals surface area (Å²) in [6.07, 6.45) is -4.47. The van der Waals surface area contributed by atoms with E-state index in [2.05, 4.69) is 15.5 Å². The van der Waals surface area contributed by atoms with Gasteiger partial charge < -0.3 is 9.73 Å². The van der Waals surface area contributed by atoms with Crippen molar-refractivity contribution < 1.29 is 22.4 Å². The van der Waals surface area contributed by atoms with Crippen molar-refractivity contribution in [1.82, 2.24) is 15.5 Å². The molecule has 5 nitrogen and oxygen atoms in total. The second kappa shape index (κ2) is 8.43. The number of halogens is 3. The van der Waals surface area contributed by atoms with Gasteiger partial charge in [0.25, 0.3) is 5.91 Å². The Labute approximate surface area is 175 Å². The Balaban J connectivity index is 1.62. The van der Waals surface area contributed by atoms with Crippen LogP contribution in [0.15, 0.2) is 89.3 Å². The van der Waals surface area contributed by atoms with E-state index in [0.29, 0.717) is 11.5 Å². The molecule has 0 saturated carbocycles. The van der Waals surface area contributed by atoms with Gasteiger partial charge in [0.2, 0.25) is 11.8 Å². The molecule has 8 heteroatoms. The summed E-state index contributed by atoms with van der Waals surface area (Å²) in [5.41, 5.74) is 0.665. The fourth-order valence-corrected chi connectivity index (χ4v) is 3.01. The molecule has 0 saturated heterocycles. The van der Waals surface area contributed by atoms with Crippen molar-refractivity contribution in [3.63, 3.8) is 0 Å². The predicted molar refractivity (Wildman–Crippen MR) is 107 cm³/mol. The third-order valence-electron chi connectivity index (χ3n) is 4.59. The fourth-order valence-electron chi connectivity index (χ4n) is 3.01. The third kappa shape index (κ3) is 4.63. The number of nitrogens with one attached hydrogen (secondary N) is 1. The number of carbonyl (C=O) groups is 1. The summed E-state index contributed by atoms with van der Waals surface area (Å²) in [4.78, 5) is 12.8. The minimum Gasteiger partial charge on any atom is -0.418 e. The Morgan fingerprint density at radius 3 is 2.06 bits per heavy atom. The molecule has 0 unspecified atom stereocenters. The van der Waals surface area contributed by atoms with Crippen molar-refractivity contribution in [1.29, 1.82) is 0 Å². The number of carbonyl (C=O) groups excluding carboxylic acids is 1. The number of alkyl halides is 3. The summed E-state index contributed by atoms with van der Waals surface area (Å²) in [5.74, 6) is -0.118. The Hall–Kier alpha value is -3.94. The molecular formula is C23H16F3N3O2. The van der Waals surface area contributed by atoms with Crippen LogP contribution in [0.4, 0.5) is 13.2 Å². The van der Waals surface area contributed by atoms with Crippen LogP contribution in [-0.2, 0) is 6.18 Å². The number of rotatable bonds is 5. The molecule has 1 N–H and O–H groups in total. The molecule has 0 aliphatic rings. The van der Waals surface area contributed by atoms with Crippen molar-refractivity contribution in [2.45, 2.75) is 12.2 Å². The Kier molecular flexibility index (Phi) is 5.53. The summed E-state index contributed by atoms with van der Waals surface area (Å²) in [6.45, 7) is 0. The van der Waals surface area contributed by atoms with E-state index in [-0.39, 0.29) is 11.5 Å². The Bertz CT molecular complexity index is 1160. The summed E-state index contributed by atoms with van der Waals surface area (Å²) in [5, 5.41) is 10.9. The minimum atomic E-state index is -4.47.